The SMILES string of the molecule is COC(=O)c1ccc(C(=O)NCC(c2ccccc2)N(C)C)cc1. The molecule has 0 bridgehead atoms. The van der Waals surface area contributed by atoms with E-state index >= 15 is 0 Å². The van der Waals surface area contributed by atoms with E-state index in [1.54, 1.807) is 24.3 Å². The molecule has 0 radical (unpaired) electrons. The van der Waals surface area contributed by atoms with Crippen molar-refractivity contribution < 1.29 is 14.3 Å². The first-order valence-corrected chi connectivity index (χ1v) is 7.71. The van der Waals surface area contributed by atoms with Crippen LogP contribution in [0.5, 0.6) is 0 Å². The Morgan fingerprint density at radius 3 is 2.12 bits per heavy atom. The topological polar surface area (TPSA) is 58.6 Å². The van der Waals surface area contributed by atoms with Gasteiger partial charge < -0.3 is 15.0 Å². The van der Waals surface area contributed by atoms with Crippen molar-refractivity contribution in [1.29, 1.82) is 0 Å². The first kappa shape index (κ1) is 17.7. The summed E-state index contributed by atoms with van der Waals surface area (Å²) in [4.78, 5) is 25.8. The molecule has 24 heavy (non-hydrogen) atoms. The molecule has 0 aromatic heterocycles. The molecule has 5 heteroatoms. The van der Waals surface area contributed by atoms with Crippen molar-refractivity contribution in [2.24, 2.45) is 0 Å². The van der Waals surface area contributed by atoms with Crippen molar-refractivity contribution in [3.8, 4) is 0 Å². The van der Waals surface area contributed by atoms with Crippen LogP contribution in [-0.2, 0) is 4.74 Å². The third-order valence-electron chi connectivity index (χ3n) is 3.83. The monoisotopic (exact) mass is 326 g/mol. The van der Waals surface area contributed by atoms with Gasteiger partial charge in [0, 0.05) is 12.1 Å². The van der Waals surface area contributed by atoms with E-state index in [-0.39, 0.29) is 11.9 Å². The molecule has 126 valence electrons. The van der Waals surface area contributed by atoms with Crippen molar-refractivity contribution in [3.05, 3.63) is 71.3 Å². The Kier molecular flexibility index (Phi) is 6.09. The van der Waals surface area contributed by atoms with Crippen LogP contribution in [0, 0.1) is 0 Å². The molecule has 2 rings (SSSR count). The molecule has 0 spiro atoms. The van der Waals surface area contributed by atoms with E-state index in [2.05, 4.69) is 15.0 Å². The second-order valence-corrected chi connectivity index (χ2v) is 5.67. The van der Waals surface area contributed by atoms with Gasteiger partial charge in [0.25, 0.3) is 5.91 Å². The predicted octanol–water partition coefficient (Wildman–Crippen LogP) is 2.51. The van der Waals surface area contributed by atoms with Crippen molar-refractivity contribution in [1.82, 2.24) is 10.2 Å². The van der Waals surface area contributed by atoms with Gasteiger partial charge in [-0.1, -0.05) is 30.3 Å². The standard InChI is InChI=1S/C19H22N2O3/c1-21(2)17(14-7-5-4-6-8-14)13-20-18(22)15-9-11-16(12-10-15)19(23)24-3/h4-12,17H,13H2,1-3H3,(H,20,22). The van der Waals surface area contributed by atoms with Crippen LogP contribution in [0.2, 0.25) is 0 Å². The Hall–Kier alpha value is -2.66. The van der Waals surface area contributed by atoms with E-state index in [9.17, 15) is 9.59 Å². The summed E-state index contributed by atoms with van der Waals surface area (Å²) in [5.74, 6) is -0.590. The van der Waals surface area contributed by atoms with Crippen LogP contribution in [0.15, 0.2) is 54.6 Å². The lowest BCUT2D eigenvalue weighted by molar-refractivity contribution is 0.0600. The fraction of sp³-hybridized carbons (Fsp3) is 0.263. The molecule has 2 aromatic rings. The number of ether oxygens (including phenoxy) is 1. The zero-order chi connectivity index (χ0) is 17.5. The average molecular weight is 326 g/mol. The molecule has 2 aromatic carbocycles. The highest BCUT2D eigenvalue weighted by Gasteiger charge is 2.16. The largest absolute Gasteiger partial charge is 0.465 e. The summed E-state index contributed by atoms with van der Waals surface area (Å²) in [7, 11) is 5.29. The van der Waals surface area contributed by atoms with Crippen LogP contribution in [-0.4, -0.2) is 44.5 Å². The average Bonchev–Trinajstić information content (AvgIpc) is 2.61. The number of nitrogens with one attached hydrogen (secondary N) is 1. The Balaban J connectivity index is 2.02. The van der Waals surface area contributed by atoms with Crippen molar-refractivity contribution in [3.63, 3.8) is 0 Å². The molecular weight excluding hydrogens is 304 g/mol. The van der Waals surface area contributed by atoms with Gasteiger partial charge in [0.15, 0.2) is 0 Å². The van der Waals surface area contributed by atoms with Gasteiger partial charge in [-0.25, -0.2) is 4.79 Å². The summed E-state index contributed by atoms with van der Waals surface area (Å²) in [6, 6.07) is 16.5. The lowest BCUT2D eigenvalue weighted by Gasteiger charge is -2.25. The lowest BCUT2D eigenvalue weighted by atomic mass is 10.1. The smallest absolute Gasteiger partial charge is 0.337 e. The number of likely N-dealkylation sites (N-methyl/N-ethyl adjacent to an activating group) is 1. The van der Waals surface area contributed by atoms with Gasteiger partial charge in [0.1, 0.15) is 0 Å². The molecule has 0 saturated heterocycles. The Labute approximate surface area is 142 Å². The van der Waals surface area contributed by atoms with Crippen LogP contribution >= 0.6 is 0 Å². The molecular formula is C19H22N2O3. The molecule has 5 nitrogen and oxygen atoms in total. The minimum Gasteiger partial charge on any atom is -0.465 e. The van der Waals surface area contributed by atoms with Crippen molar-refractivity contribution >= 4 is 11.9 Å². The Morgan fingerprint density at radius 1 is 1.00 bits per heavy atom. The van der Waals surface area contributed by atoms with Crippen LogP contribution in [0.1, 0.15) is 32.3 Å². The third-order valence-corrected chi connectivity index (χ3v) is 3.83. The van der Waals surface area contributed by atoms with E-state index in [1.807, 2.05) is 44.4 Å². The normalized spacial score (nSPS) is 11.8. The first-order chi connectivity index (χ1) is 11.5. The Bertz CT molecular complexity index is 682. The van der Waals surface area contributed by atoms with Crippen LogP contribution in [0.3, 0.4) is 0 Å². The molecule has 1 unspecified atom stereocenters. The highest BCUT2D eigenvalue weighted by Crippen LogP contribution is 2.17. The van der Waals surface area contributed by atoms with E-state index in [1.165, 1.54) is 7.11 Å². The molecule has 0 aliphatic rings. The number of amides is 1. The molecule has 0 saturated carbocycles. The number of hydrogen-bond donors (Lipinski definition) is 1. The summed E-state index contributed by atoms with van der Waals surface area (Å²) < 4.78 is 4.65. The van der Waals surface area contributed by atoms with Crippen molar-refractivity contribution in [2.75, 3.05) is 27.7 Å². The van der Waals surface area contributed by atoms with Crippen LogP contribution < -0.4 is 5.32 Å². The van der Waals surface area contributed by atoms with E-state index in [0.29, 0.717) is 17.7 Å². The molecule has 0 aliphatic heterocycles. The fourth-order valence-corrected chi connectivity index (χ4v) is 2.44. The maximum absolute atomic E-state index is 12.3. The fourth-order valence-electron chi connectivity index (χ4n) is 2.44. The highest BCUT2D eigenvalue weighted by molar-refractivity contribution is 5.96. The quantitative estimate of drug-likeness (QED) is 0.829. The number of hydrogen-bond acceptors (Lipinski definition) is 4. The van der Waals surface area contributed by atoms with Gasteiger partial charge in [-0.05, 0) is 43.9 Å². The second-order valence-electron chi connectivity index (χ2n) is 5.67. The number of nitrogens with zero attached hydrogens (tertiary/aromatic N) is 1. The lowest BCUT2D eigenvalue weighted by Crippen LogP contribution is -2.34. The van der Waals surface area contributed by atoms with Gasteiger partial charge in [-0.2, -0.15) is 0 Å². The first-order valence-electron chi connectivity index (χ1n) is 7.71. The highest BCUT2D eigenvalue weighted by atomic mass is 16.5. The van der Waals surface area contributed by atoms with Gasteiger partial charge >= 0.3 is 5.97 Å². The minimum atomic E-state index is -0.418. The van der Waals surface area contributed by atoms with Gasteiger partial charge in [0.2, 0.25) is 0 Å². The number of esters is 1. The summed E-state index contributed by atoms with van der Waals surface area (Å²) >= 11 is 0. The Morgan fingerprint density at radius 2 is 1.58 bits per heavy atom. The summed E-state index contributed by atoms with van der Waals surface area (Å²) in [6.45, 7) is 0.495. The van der Waals surface area contributed by atoms with E-state index < -0.39 is 5.97 Å². The number of methoxy groups -OCH3 is 1. The number of benzene rings is 2. The zero-order valence-electron chi connectivity index (χ0n) is 14.2. The third kappa shape index (κ3) is 4.43. The molecule has 1 N–H and O–H groups in total. The van der Waals surface area contributed by atoms with Crippen LogP contribution in [0.4, 0.5) is 0 Å². The molecule has 0 fully saturated rings. The maximum Gasteiger partial charge on any atom is 0.337 e. The molecule has 1 atom stereocenters. The number of rotatable bonds is 6. The molecule has 0 aliphatic carbocycles. The zero-order valence-corrected chi connectivity index (χ0v) is 14.2. The van der Waals surface area contributed by atoms with Crippen LogP contribution in [0.25, 0.3) is 0 Å². The maximum atomic E-state index is 12.3. The second kappa shape index (κ2) is 8.26. The van der Waals surface area contributed by atoms with Gasteiger partial charge in [-0.15, -0.1) is 0 Å². The van der Waals surface area contributed by atoms with Gasteiger partial charge in [-0.3, -0.25) is 4.79 Å². The van der Waals surface area contributed by atoms with E-state index in [4.69, 9.17) is 0 Å². The number of carbonyl (C=O) groups excluding carboxylic acids is 2. The number of carbonyl (C=O) groups is 2. The van der Waals surface area contributed by atoms with Gasteiger partial charge in [0.05, 0.1) is 18.7 Å². The summed E-state index contributed by atoms with van der Waals surface area (Å²) in [6.07, 6.45) is 0. The summed E-state index contributed by atoms with van der Waals surface area (Å²) in [5, 5.41) is 2.94. The molecule has 1 amide bonds. The minimum absolute atomic E-state index is 0.0875. The van der Waals surface area contributed by atoms with Crippen molar-refractivity contribution in [2.45, 2.75) is 6.04 Å². The molecule has 0 heterocycles. The van der Waals surface area contributed by atoms with E-state index in [0.717, 1.165) is 5.56 Å². The predicted molar refractivity (Wildman–Crippen MR) is 93.0 cm³/mol. The summed E-state index contributed by atoms with van der Waals surface area (Å²) in [5.41, 5.74) is 2.07.